The van der Waals surface area contributed by atoms with Crippen molar-refractivity contribution in [2.75, 3.05) is 7.11 Å². The lowest BCUT2D eigenvalue weighted by atomic mass is 9.33. The van der Waals surface area contributed by atoms with Gasteiger partial charge in [0.15, 0.2) is 0 Å². The molecule has 0 aromatic rings. The molecular formula is C14H27BO. The maximum Gasteiger partial charge on any atom is 0.298 e. The van der Waals surface area contributed by atoms with Gasteiger partial charge in [0.1, 0.15) is 0 Å². The Bertz CT molecular complexity index is 261. The van der Waals surface area contributed by atoms with E-state index in [0.717, 1.165) is 23.6 Å². The fourth-order valence-corrected chi connectivity index (χ4v) is 4.56. The summed E-state index contributed by atoms with van der Waals surface area (Å²) in [5.74, 6) is 4.18. The minimum atomic E-state index is 0.469. The van der Waals surface area contributed by atoms with Crippen LogP contribution in [-0.2, 0) is 4.65 Å². The summed E-state index contributed by atoms with van der Waals surface area (Å²) in [7, 11) is 1.89. The summed E-state index contributed by atoms with van der Waals surface area (Å²) in [5, 5.41) is 0. The summed E-state index contributed by atoms with van der Waals surface area (Å²) in [6.07, 6.45) is 2.86. The van der Waals surface area contributed by atoms with E-state index in [2.05, 4.69) is 34.6 Å². The molecule has 0 radical (unpaired) electrons. The molecule has 2 heteroatoms. The van der Waals surface area contributed by atoms with Gasteiger partial charge in [0.05, 0.1) is 0 Å². The van der Waals surface area contributed by atoms with Gasteiger partial charge in [-0.2, -0.15) is 0 Å². The minimum Gasteiger partial charge on any atom is -0.438 e. The van der Waals surface area contributed by atoms with Gasteiger partial charge < -0.3 is 4.65 Å². The first-order valence-corrected chi connectivity index (χ1v) is 6.92. The second-order valence-corrected chi connectivity index (χ2v) is 7.06. The van der Waals surface area contributed by atoms with E-state index >= 15 is 0 Å². The first-order chi connectivity index (χ1) is 7.39. The predicted molar refractivity (Wildman–Crippen MR) is 70.8 cm³/mol. The normalized spacial score (nSPS) is 40.7. The van der Waals surface area contributed by atoms with Crippen LogP contribution < -0.4 is 0 Å². The van der Waals surface area contributed by atoms with Crippen LogP contribution in [0, 0.1) is 23.2 Å². The highest BCUT2D eigenvalue weighted by Crippen LogP contribution is 2.65. The molecular weight excluding hydrogens is 195 g/mol. The van der Waals surface area contributed by atoms with Crippen molar-refractivity contribution in [3.05, 3.63) is 0 Å². The molecule has 3 aliphatic rings. The smallest absolute Gasteiger partial charge is 0.298 e. The molecule has 2 bridgehead atoms. The van der Waals surface area contributed by atoms with Gasteiger partial charge in [0.25, 0.3) is 6.92 Å². The van der Waals surface area contributed by atoms with Gasteiger partial charge in [-0.15, -0.1) is 0 Å². The van der Waals surface area contributed by atoms with Crippen molar-refractivity contribution < 1.29 is 4.65 Å². The second-order valence-electron chi connectivity index (χ2n) is 7.06. The lowest BCUT2D eigenvalue weighted by molar-refractivity contribution is -0.101. The van der Waals surface area contributed by atoms with Crippen molar-refractivity contribution >= 4 is 6.92 Å². The Kier molecular flexibility index (Phi) is 3.16. The van der Waals surface area contributed by atoms with Crippen LogP contribution in [0.4, 0.5) is 0 Å². The zero-order valence-electron chi connectivity index (χ0n) is 11.8. The number of hydrogen-bond acceptors (Lipinski definition) is 1. The Morgan fingerprint density at radius 3 is 2.25 bits per heavy atom. The van der Waals surface area contributed by atoms with Crippen molar-refractivity contribution in [2.45, 2.75) is 59.1 Å². The maximum atomic E-state index is 5.76. The van der Waals surface area contributed by atoms with E-state index < -0.39 is 0 Å². The fourth-order valence-electron chi connectivity index (χ4n) is 4.56. The SMILES string of the molecule is COB(C(C)C)C1CC2CC(C1C)C2(C)C. The van der Waals surface area contributed by atoms with E-state index in [-0.39, 0.29) is 0 Å². The van der Waals surface area contributed by atoms with Crippen LogP contribution in [0.1, 0.15) is 47.5 Å². The number of fused-ring (bicyclic) bond motifs is 2. The Morgan fingerprint density at radius 2 is 1.88 bits per heavy atom. The third-order valence-electron chi connectivity index (χ3n) is 5.76. The van der Waals surface area contributed by atoms with Crippen LogP contribution in [0.15, 0.2) is 0 Å². The lowest BCUT2D eigenvalue weighted by Gasteiger charge is -2.63. The molecule has 0 aromatic heterocycles. The van der Waals surface area contributed by atoms with Crippen LogP contribution >= 0.6 is 0 Å². The minimum absolute atomic E-state index is 0.469. The molecule has 0 spiro atoms. The molecule has 0 aromatic carbocycles. The monoisotopic (exact) mass is 222 g/mol. The molecule has 1 nitrogen and oxygen atoms in total. The van der Waals surface area contributed by atoms with E-state index in [1.807, 2.05) is 7.11 Å². The van der Waals surface area contributed by atoms with E-state index in [9.17, 15) is 0 Å². The topological polar surface area (TPSA) is 9.23 Å². The quantitative estimate of drug-likeness (QED) is 0.653. The van der Waals surface area contributed by atoms with Crippen molar-refractivity contribution in [1.82, 2.24) is 0 Å². The molecule has 3 saturated carbocycles. The first-order valence-electron chi connectivity index (χ1n) is 6.92. The number of rotatable bonds is 3. The molecule has 0 aliphatic heterocycles. The summed E-state index contributed by atoms with van der Waals surface area (Å²) in [6.45, 7) is 12.5. The first kappa shape index (κ1) is 12.5. The Morgan fingerprint density at radius 1 is 1.25 bits per heavy atom. The molecule has 3 aliphatic carbocycles. The third kappa shape index (κ3) is 1.65. The Labute approximate surface area is 101 Å². The highest BCUT2D eigenvalue weighted by atomic mass is 16.4. The van der Waals surface area contributed by atoms with Gasteiger partial charge in [-0.25, -0.2) is 0 Å². The molecule has 0 amide bonds. The van der Waals surface area contributed by atoms with Crippen molar-refractivity contribution in [3.8, 4) is 0 Å². The van der Waals surface area contributed by atoms with Crippen LogP contribution in [-0.4, -0.2) is 14.0 Å². The van der Waals surface area contributed by atoms with E-state index in [1.54, 1.807) is 0 Å². The molecule has 0 saturated heterocycles. The van der Waals surface area contributed by atoms with Gasteiger partial charge in [-0.3, -0.25) is 0 Å². The van der Waals surface area contributed by atoms with Crippen molar-refractivity contribution in [2.24, 2.45) is 23.2 Å². The maximum absolute atomic E-state index is 5.76. The van der Waals surface area contributed by atoms with E-state index in [0.29, 0.717) is 18.1 Å². The van der Waals surface area contributed by atoms with Gasteiger partial charge in [0.2, 0.25) is 0 Å². The van der Waals surface area contributed by atoms with Gasteiger partial charge in [-0.1, -0.05) is 41.0 Å². The summed E-state index contributed by atoms with van der Waals surface area (Å²) in [6, 6.07) is 0. The van der Waals surface area contributed by atoms with E-state index in [4.69, 9.17) is 4.65 Å². The highest BCUT2D eigenvalue weighted by Gasteiger charge is 2.58. The summed E-state index contributed by atoms with van der Waals surface area (Å²) in [4.78, 5) is 0. The molecule has 0 heterocycles. The average molecular weight is 222 g/mol. The molecule has 4 atom stereocenters. The molecule has 3 fully saturated rings. The summed E-state index contributed by atoms with van der Waals surface area (Å²) >= 11 is 0. The van der Waals surface area contributed by atoms with E-state index in [1.165, 1.54) is 12.8 Å². The summed E-state index contributed by atoms with van der Waals surface area (Å²) < 4.78 is 5.76. The molecule has 0 N–H and O–H groups in total. The van der Waals surface area contributed by atoms with Crippen LogP contribution in [0.5, 0.6) is 0 Å². The number of hydrogen-bond donors (Lipinski definition) is 0. The van der Waals surface area contributed by atoms with Crippen molar-refractivity contribution in [3.63, 3.8) is 0 Å². The zero-order valence-corrected chi connectivity index (χ0v) is 11.8. The Balaban J connectivity index is 2.10. The molecule has 3 rings (SSSR count). The molecule has 92 valence electrons. The lowest BCUT2D eigenvalue weighted by Crippen LogP contribution is -2.56. The second kappa shape index (κ2) is 4.05. The van der Waals surface area contributed by atoms with Crippen LogP contribution in [0.2, 0.25) is 11.6 Å². The molecule has 16 heavy (non-hydrogen) atoms. The van der Waals surface area contributed by atoms with Gasteiger partial charge in [0, 0.05) is 7.11 Å². The highest BCUT2D eigenvalue weighted by molar-refractivity contribution is 6.55. The van der Waals surface area contributed by atoms with Crippen LogP contribution in [0.3, 0.4) is 0 Å². The molecule has 4 unspecified atom stereocenters. The van der Waals surface area contributed by atoms with Crippen LogP contribution in [0.25, 0.3) is 0 Å². The third-order valence-corrected chi connectivity index (χ3v) is 5.76. The standard InChI is InChI=1S/C14H27BO/c1-9(2)15(16-6)13-8-11-7-12(10(13)3)14(11,4)5/h9-13H,7-8H2,1-6H3. The van der Waals surface area contributed by atoms with Crippen molar-refractivity contribution in [1.29, 1.82) is 0 Å². The largest absolute Gasteiger partial charge is 0.438 e. The van der Waals surface area contributed by atoms with Gasteiger partial charge in [-0.05, 0) is 41.2 Å². The average Bonchev–Trinajstić information content (AvgIpc) is 2.20. The predicted octanol–water partition coefficient (Wildman–Crippen LogP) is 4.11. The Hall–Kier alpha value is 0.0249. The zero-order chi connectivity index (χ0) is 12.1. The fraction of sp³-hybridized carbons (Fsp3) is 1.00. The van der Waals surface area contributed by atoms with Gasteiger partial charge >= 0.3 is 0 Å². The summed E-state index contributed by atoms with van der Waals surface area (Å²) in [5.41, 5.74) is 0.602.